The standard InChI is InChI=1S/C29H60NO6P/c1-3-4-5-6-7-8-9-10-11-12-13-14-15-16-17-20-24-33-26-27-34-28-29-36-37(31,32)35-25-23-30(2)21-18-19-22-30/h3-29H2,1-2H3/p+1. The number of quaternary nitrogens is 1. The van der Waals surface area contributed by atoms with Gasteiger partial charge in [0.1, 0.15) is 13.2 Å². The van der Waals surface area contributed by atoms with Gasteiger partial charge < -0.3 is 18.9 Å². The molecule has 37 heavy (non-hydrogen) atoms. The molecule has 0 radical (unpaired) electrons. The Morgan fingerprint density at radius 2 is 1.00 bits per heavy atom. The van der Waals surface area contributed by atoms with Crippen molar-refractivity contribution in [2.45, 2.75) is 122 Å². The van der Waals surface area contributed by atoms with Gasteiger partial charge in [-0.25, -0.2) is 4.57 Å². The molecule has 0 aromatic carbocycles. The molecule has 1 aliphatic heterocycles. The summed E-state index contributed by atoms with van der Waals surface area (Å²) in [7, 11) is -1.83. The Balaban J connectivity index is 1.73. The molecule has 0 saturated carbocycles. The molecule has 0 amide bonds. The molecular formula is C29H61NO6P+. The maximum absolute atomic E-state index is 11.9. The van der Waals surface area contributed by atoms with Gasteiger partial charge in [-0.1, -0.05) is 103 Å². The van der Waals surface area contributed by atoms with Crippen LogP contribution in [0.2, 0.25) is 0 Å². The molecule has 1 N–H and O–H groups in total. The number of hydrogen-bond acceptors (Lipinski definition) is 5. The van der Waals surface area contributed by atoms with E-state index in [0.29, 0.717) is 13.2 Å². The van der Waals surface area contributed by atoms with Crippen LogP contribution in [0.5, 0.6) is 0 Å². The maximum Gasteiger partial charge on any atom is 0.472 e. The van der Waals surface area contributed by atoms with Gasteiger partial charge in [0.2, 0.25) is 0 Å². The Morgan fingerprint density at radius 3 is 1.51 bits per heavy atom. The third kappa shape index (κ3) is 22.5. The first kappa shape index (κ1) is 35.0. The number of unbranched alkanes of at least 4 members (excludes halogenated alkanes) is 15. The van der Waals surface area contributed by atoms with Crippen molar-refractivity contribution in [3.63, 3.8) is 0 Å². The molecule has 1 fully saturated rings. The predicted octanol–water partition coefficient (Wildman–Crippen LogP) is 7.66. The van der Waals surface area contributed by atoms with Gasteiger partial charge in [-0.05, 0) is 6.42 Å². The summed E-state index contributed by atoms with van der Waals surface area (Å²) in [5, 5.41) is 0. The summed E-state index contributed by atoms with van der Waals surface area (Å²) in [4.78, 5) is 9.77. The smallest absolute Gasteiger partial charge is 0.379 e. The molecule has 0 aliphatic carbocycles. The van der Waals surface area contributed by atoms with E-state index in [4.69, 9.17) is 18.5 Å². The van der Waals surface area contributed by atoms with Gasteiger partial charge in [-0.3, -0.25) is 9.05 Å². The van der Waals surface area contributed by atoms with Crippen LogP contribution in [0.1, 0.15) is 122 Å². The van der Waals surface area contributed by atoms with Gasteiger partial charge in [-0.2, -0.15) is 0 Å². The zero-order valence-electron chi connectivity index (χ0n) is 24.5. The van der Waals surface area contributed by atoms with E-state index in [1.807, 2.05) is 0 Å². The van der Waals surface area contributed by atoms with Crippen LogP contribution in [0.4, 0.5) is 0 Å². The normalized spacial score (nSPS) is 16.8. The first-order valence-corrected chi connectivity index (χ1v) is 17.1. The number of ether oxygens (including phenoxy) is 2. The highest BCUT2D eigenvalue weighted by molar-refractivity contribution is 7.47. The zero-order chi connectivity index (χ0) is 26.9. The van der Waals surface area contributed by atoms with E-state index in [1.54, 1.807) is 0 Å². The van der Waals surface area contributed by atoms with Gasteiger partial charge in [0.25, 0.3) is 0 Å². The van der Waals surface area contributed by atoms with Crippen molar-refractivity contribution < 1.29 is 32.5 Å². The highest BCUT2D eigenvalue weighted by Gasteiger charge is 2.28. The number of likely N-dealkylation sites (tertiary alicyclic amines) is 1. The van der Waals surface area contributed by atoms with Crippen molar-refractivity contribution >= 4 is 7.82 Å². The molecule has 0 bridgehead atoms. The van der Waals surface area contributed by atoms with Crippen LogP contribution in [-0.2, 0) is 23.1 Å². The number of likely N-dealkylation sites (N-methyl/N-ethyl adjacent to an activating group) is 1. The second-order valence-corrected chi connectivity index (χ2v) is 12.6. The van der Waals surface area contributed by atoms with Gasteiger partial charge in [0.15, 0.2) is 0 Å². The fourth-order valence-corrected chi connectivity index (χ4v) is 5.71. The van der Waals surface area contributed by atoms with E-state index < -0.39 is 7.82 Å². The Bertz CT molecular complexity index is 544. The molecule has 1 rings (SSSR count). The minimum Gasteiger partial charge on any atom is -0.379 e. The molecule has 1 aliphatic rings. The van der Waals surface area contributed by atoms with Crippen molar-refractivity contribution in [1.82, 2.24) is 0 Å². The fraction of sp³-hybridized carbons (Fsp3) is 1.00. The van der Waals surface area contributed by atoms with Crippen molar-refractivity contribution in [3.05, 3.63) is 0 Å². The summed E-state index contributed by atoms with van der Waals surface area (Å²) in [5.74, 6) is 0. The van der Waals surface area contributed by atoms with Gasteiger partial charge >= 0.3 is 7.82 Å². The molecule has 1 atom stereocenters. The van der Waals surface area contributed by atoms with Gasteiger partial charge in [0, 0.05) is 19.4 Å². The van der Waals surface area contributed by atoms with Gasteiger partial charge in [0.05, 0.1) is 46.6 Å². The van der Waals surface area contributed by atoms with Gasteiger partial charge in [-0.15, -0.1) is 0 Å². The Labute approximate surface area is 229 Å². The summed E-state index contributed by atoms with van der Waals surface area (Å²) < 4.78 is 34.0. The molecule has 1 saturated heterocycles. The monoisotopic (exact) mass is 550 g/mol. The predicted molar refractivity (Wildman–Crippen MR) is 153 cm³/mol. The van der Waals surface area contributed by atoms with Crippen molar-refractivity contribution in [2.24, 2.45) is 0 Å². The average molecular weight is 551 g/mol. The molecule has 0 aromatic rings. The fourth-order valence-electron chi connectivity index (χ4n) is 5.02. The maximum atomic E-state index is 11.9. The third-order valence-electron chi connectivity index (χ3n) is 7.53. The summed E-state index contributed by atoms with van der Waals surface area (Å²) in [6, 6.07) is 0. The van der Waals surface area contributed by atoms with Crippen LogP contribution in [0.25, 0.3) is 0 Å². The second-order valence-electron chi connectivity index (χ2n) is 11.2. The molecule has 1 unspecified atom stereocenters. The van der Waals surface area contributed by atoms with E-state index in [-0.39, 0.29) is 19.8 Å². The van der Waals surface area contributed by atoms with Crippen LogP contribution >= 0.6 is 7.82 Å². The Kier molecular flexibility index (Phi) is 22.6. The largest absolute Gasteiger partial charge is 0.472 e. The zero-order valence-corrected chi connectivity index (χ0v) is 25.4. The van der Waals surface area contributed by atoms with E-state index in [9.17, 15) is 9.46 Å². The van der Waals surface area contributed by atoms with E-state index >= 15 is 0 Å². The number of nitrogens with zero attached hydrogens (tertiary/aromatic N) is 1. The topological polar surface area (TPSA) is 74.2 Å². The van der Waals surface area contributed by atoms with E-state index in [2.05, 4.69) is 14.0 Å². The SMILES string of the molecule is CCCCCCCCCCCCCCCCCCOCCOCCOP(=O)(O)OCC[N+]1(C)CCCC1. The molecule has 8 heteroatoms. The average Bonchev–Trinajstić information content (AvgIpc) is 3.30. The van der Waals surface area contributed by atoms with E-state index in [0.717, 1.165) is 37.1 Å². The van der Waals surface area contributed by atoms with Crippen LogP contribution in [0.15, 0.2) is 0 Å². The summed E-state index contributed by atoms with van der Waals surface area (Å²) in [5.41, 5.74) is 0. The quantitative estimate of drug-likeness (QED) is 0.0612. The number of phosphoric ester groups is 1. The molecule has 222 valence electrons. The third-order valence-corrected chi connectivity index (χ3v) is 8.55. The van der Waals surface area contributed by atoms with Crippen LogP contribution in [0.3, 0.4) is 0 Å². The minimum atomic E-state index is -4.00. The Morgan fingerprint density at radius 1 is 0.595 bits per heavy atom. The second kappa shape index (κ2) is 23.8. The molecule has 7 nitrogen and oxygen atoms in total. The summed E-state index contributed by atoms with van der Waals surface area (Å²) in [6.45, 7) is 7.54. The first-order valence-electron chi connectivity index (χ1n) is 15.6. The van der Waals surface area contributed by atoms with Crippen molar-refractivity contribution in [1.29, 1.82) is 0 Å². The molecule has 0 spiro atoms. The lowest BCUT2D eigenvalue weighted by Crippen LogP contribution is -2.43. The highest BCUT2D eigenvalue weighted by atomic mass is 31.2. The summed E-state index contributed by atoms with van der Waals surface area (Å²) in [6.07, 6.45) is 24.4. The summed E-state index contributed by atoms with van der Waals surface area (Å²) >= 11 is 0. The van der Waals surface area contributed by atoms with Crippen LogP contribution < -0.4 is 0 Å². The minimum absolute atomic E-state index is 0.0407. The highest BCUT2D eigenvalue weighted by Crippen LogP contribution is 2.42. The number of hydrogen-bond donors (Lipinski definition) is 1. The number of phosphoric acid groups is 1. The lowest BCUT2D eigenvalue weighted by atomic mass is 10.0. The lowest BCUT2D eigenvalue weighted by molar-refractivity contribution is -0.897. The molecule has 0 aromatic heterocycles. The number of rotatable bonds is 28. The van der Waals surface area contributed by atoms with E-state index in [1.165, 1.54) is 109 Å². The van der Waals surface area contributed by atoms with Crippen molar-refractivity contribution in [2.75, 3.05) is 66.3 Å². The lowest BCUT2D eigenvalue weighted by Gasteiger charge is -2.29. The first-order chi connectivity index (χ1) is 18.0. The molecule has 1 heterocycles. The van der Waals surface area contributed by atoms with Crippen LogP contribution in [-0.4, -0.2) is 75.7 Å². The Hall–Kier alpha value is -0.0100. The van der Waals surface area contributed by atoms with Crippen LogP contribution in [0, 0.1) is 0 Å². The molecular weight excluding hydrogens is 489 g/mol. The van der Waals surface area contributed by atoms with Crippen molar-refractivity contribution in [3.8, 4) is 0 Å².